The Morgan fingerprint density at radius 2 is 1.62 bits per heavy atom. The number of aliphatic carboxylic acids is 1. The molecule has 3 N–H and O–H groups in total. The SMILES string of the molecule is O=C(O)CNC(=O)c1ccc(NC(=O)OCc2ccccc2)cc1. The Morgan fingerprint density at radius 3 is 2.25 bits per heavy atom. The van der Waals surface area contributed by atoms with Crippen LogP contribution in [0.2, 0.25) is 0 Å². The Labute approximate surface area is 138 Å². The van der Waals surface area contributed by atoms with E-state index in [1.54, 1.807) is 0 Å². The molecule has 2 amide bonds. The minimum absolute atomic E-state index is 0.155. The number of carbonyl (C=O) groups is 3. The fraction of sp³-hybridized carbons (Fsp3) is 0.118. The Hall–Kier alpha value is -3.35. The van der Waals surface area contributed by atoms with E-state index >= 15 is 0 Å². The topological polar surface area (TPSA) is 105 Å². The third-order valence-electron chi connectivity index (χ3n) is 3.01. The predicted molar refractivity (Wildman–Crippen MR) is 86.7 cm³/mol. The first-order valence-corrected chi connectivity index (χ1v) is 7.12. The first-order chi connectivity index (χ1) is 11.5. The highest BCUT2D eigenvalue weighted by molar-refractivity contribution is 5.96. The van der Waals surface area contributed by atoms with Gasteiger partial charge in [0.25, 0.3) is 5.91 Å². The molecule has 0 fully saturated rings. The number of carboxylic acid groups (broad SMARTS) is 1. The molecule has 2 aromatic rings. The summed E-state index contributed by atoms with van der Waals surface area (Å²) in [5, 5.41) is 13.3. The first kappa shape index (κ1) is 17.0. The lowest BCUT2D eigenvalue weighted by Gasteiger charge is -2.08. The second kappa shape index (κ2) is 8.33. The molecule has 7 nitrogen and oxygen atoms in total. The molecule has 0 aromatic heterocycles. The van der Waals surface area contributed by atoms with Crippen LogP contribution in [0.4, 0.5) is 10.5 Å². The Kier molecular flexibility index (Phi) is 5.90. The lowest BCUT2D eigenvalue weighted by Crippen LogP contribution is -2.29. The molecule has 24 heavy (non-hydrogen) atoms. The lowest BCUT2D eigenvalue weighted by atomic mass is 10.2. The Bertz CT molecular complexity index is 714. The molecular formula is C17H16N2O5. The van der Waals surface area contributed by atoms with Gasteiger partial charge in [-0.2, -0.15) is 0 Å². The third-order valence-corrected chi connectivity index (χ3v) is 3.01. The van der Waals surface area contributed by atoms with Crippen LogP contribution in [0.5, 0.6) is 0 Å². The number of nitrogens with one attached hydrogen (secondary N) is 2. The second-order valence-electron chi connectivity index (χ2n) is 4.84. The summed E-state index contributed by atoms with van der Waals surface area (Å²) >= 11 is 0. The molecule has 0 aliphatic rings. The summed E-state index contributed by atoms with van der Waals surface area (Å²) in [6.45, 7) is -0.299. The van der Waals surface area contributed by atoms with Gasteiger partial charge in [-0.1, -0.05) is 30.3 Å². The van der Waals surface area contributed by atoms with Gasteiger partial charge in [-0.25, -0.2) is 4.79 Å². The van der Waals surface area contributed by atoms with Crippen molar-refractivity contribution in [1.29, 1.82) is 0 Å². The first-order valence-electron chi connectivity index (χ1n) is 7.12. The van der Waals surface area contributed by atoms with Crippen molar-refractivity contribution >= 4 is 23.7 Å². The van der Waals surface area contributed by atoms with Crippen LogP contribution in [0, 0.1) is 0 Å². The van der Waals surface area contributed by atoms with Gasteiger partial charge in [-0.15, -0.1) is 0 Å². The maximum absolute atomic E-state index is 11.7. The number of anilines is 1. The second-order valence-corrected chi connectivity index (χ2v) is 4.84. The van der Waals surface area contributed by atoms with Crippen molar-refractivity contribution in [2.45, 2.75) is 6.61 Å². The van der Waals surface area contributed by atoms with E-state index in [4.69, 9.17) is 9.84 Å². The molecule has 2 aromatic carbocycles. The van der Waals surface area contributed by atoms with E-state index in [-0.39, 0.29) is 6.61 Å². The van der Waals surface area contributed by atoms with E-state index in [1.165, 1.54) is 24.3 Å². The van der Waals surface area contributed by atoms with Crippen LogP contribution < -0.4 is 10.6 Å². The predicted octanol–water partition coefficient (Wildman–Crippen LogP) is 2.25. The number of hydrogen-bond donors (Lipinski definition) is 3. The summed E-state index contributed by atoms with van der Waals surface area (Å²) in [5.74, 6) is -1.63. The fourth-order valence-electron chi connectivity index (χ4n) is 1.84. The number of amides is 2. The molecule has 0 spiro atoms. The van der Waals surface area contributed by atoms with Crippen LogP contribution in [0.25, 0.3) is 0 Å². The van der Waals surface area contributed by atoms with Crippen LogP contribution in [0.3, 0.4) is 0 Å². The molecule has 0 bridgehead atoms. The maximum atomic E-state index is 11.7. The molecule has 0 saturated carbocycles. The van der Waals surface area contributed by atoms with Gasteiger partial charge in [0.05, 0.1) is 0 Å². The molecule has 0 heterocycles. The summed E-state index contributed by atoms with van der Waals surface area (Å²) in [7, 11) is 0. The normalized spacial score (nSPS) is 9.83. The number of benzene rings is 2. The van der Waals surface area contributed by atoms with Gasteiger partial charge in [0.15, 0.2) is 0 Å². The van der Waals surface area contributed by atoms with E-state index < -0.39 is 24.5 Å². The van der Waals surface area contributed by atoms with Crippen LogP contribution in [0.1, 0.15) is 15.9 Å². The third kappa shape index (κ3) is 5.45. The largest absolute Gasteiger partial charge is 0.480 e. The van der Waals surface area contributed by atoms with Crippen molar-refractivity contribution in [3.63, 3.8) is 0 Å². The lowest BCUT2D eigenvalue weighted by molar-refractivity contribution is -0.135. The monoisotopic (exact) mass is 328 g/mol. The minimum atomic E-state index is -1.12. The van der Waals surface area contributed by atoms with Crippen molar-refractivity contribution in [2.24, 2.45) is 0 Å². The van der Waals surface area contributed by atoms with Gasteiger partial charge < -0.3 is 15.2 Å². The summed E-state index contributed by atoms with van der Waals surface area (Å²) in [6, 6.07) is 15.3. The molecule has 0 atom stereocenters. The highest BCUT2D eigenvalue weighted by Gasteiger charge is 2.08. The van der Waals surface area contributed by atoms with E-state index in [1.807, 2.05) is 30.3 Å². The zero-order chi connectivity index (χ0) is 17.4. The smallest absolute Gasteiger partial charge is 0.411 e. The molecule has 124 valence electrons. The highest BCUT2D eigenvalue weighted by Crippen LogP contribution is 2.10. The van der Waals surface area contributed by atoms with Crippen molar-refractivity contribution in [1.82, 2.24) is 5.32 Å². The van der Waals surface area contributed by atoms with E-state index in [0.717, 1.165) is 5.56 Å². The maximum Gasteiger partial charge on any atom is 0.411 e. The highest BCUT2D eigenvalue weighted by atomic mass is 16.5. The van der Waals surface area contributed by atoms with Crippen LogP contribution >= 0.6 is 0 Å². The van der Waals surface area contributed by atoms with E-state index in [2.05, 4.69) is 10.6 Å². The molecule has 7 heteroatoms. The Morgan fingerprint density at radius 1 is 0.958 bits per heavy atom. The van der Waals surface area contributed by atoms with Gasteiger partial charge in [-0.3, -0.25) is 14.9 Å². The van der Waals surface area contributed by atoms with Gasteiger partial charge in [0.2, 0.25) is 0 Å². The van der Waals surface area contributed by atoms with Gasteiger partial charge in [0.1, 0.15) is 13.2 Å². The van der Waals surface area contributed by atoms with Crippen molar-refractivity contribution in [2.75, 3.05) is 11.9 Å². The zero-order valence-corrected chi connectivity index (χ0v) is 12.7. The minimum Gasteiger partial charge on any atom is -0.480 e. The van der Waals surface area contributed by atoms with Crippen LogP contribution in [0.15, 0.2) is 54.6 Å². The molecule has 2 rings (SSSR count). The van der Waals surface area contributed by atoms with Crippen LogP contribution in [-0.4, -0.2) is 29.6 Å². The van der Waals surface area contributed by atoms with Gasteiger partial charge in [-0.05, 0) is 29.8 Å². The van der Waals surface area contributed by atoms with Crippen molar-refractivity contribution < 1.29 is 24.2 Å². The van der Waals surface area contributed by atoms with Crippen molar-refractivity contribution in [3.05, 3.63) is 65.7 Å². The fourth-order valence-corrected chi connectivity index (χ4v) is 1.84. The average molecular weight is 328 g/mol. The number of hydrogen-bond acceptors (Lipinski definition) is 4. The summed E-state index contributed by atoms with van der Waals surface area (Å²) in [6.07, 6.45) is -0.609. The number of carbonyl (C=O) groups excluding carboxylic acids is 2. The van der Waals surface area contributed by atoms with Crippen LogP contribution in [-0.2, 0) is 16.1 Å². The average Bonchev–Trinajstić information content (AvgIpc) is 2.59. The molecule has 0 radical (unpaired) electrons. The van der Waals surface area contributed by atoms with Gasteiger partial charge >= 0.3 is 12.1 Å². The van der Waals surface area contributed by atoms with E-state index in [0.29, 0.717) is 11.3 Å². The number of rotatable bonds is 6. The van der Waals surface area contributed by atoms with E-state index in [9.17, 15) is 14.4 Å². The molecular weight excluding hydrogens is 312 g/mol. The summed E-state index contributed by atoms with van der Waals surface area (Å²) in [5.41, 5.74) is 1.63. The summed E-state index contributed by atoms with van der Waals surface area (Å²) < 4.78 is 5.08. The zero-order valence-electron chi connectivity index (χ0n) is 12.7. The van der Waals surface area contributed by atoms with Gasteiger partial charge in [0, 0.05) is 11.3 Å². The molecule has 0 unspecified atom stereocenters. The standard InChI is InChI=1S/C17H16N2O5/c20-15(21)10-18-16(22)13-6-8-14(9-7-13)19-17(23)24-11-12-4-2-1-3-5-12/h1-9H,10-11H2,(H,18,22)(H,19,23)(H,20,21). The van der Waals surface area contributed by atoms with Crippen molar-refractivity contribution in [3.8, 4) is 0 Å². The molecule has 0 aliphatic carbocycles. The Balaban J connectivity index is 1.83. The number of ether oxygens (including phenoxy) is 1. The summed E-state index contributed by atoms with van der Waals surface area (Å²) in [4.78, 5) is 33.8. The quantitative estimate of drug-likeness (QED) is 0.754. The molecule has 0 saturated heterocycles. The molecule has 0 aliphatic heterocycles. The number of carboxylic acids is 1.